The van der Waals surface area contributed by atoms with Crippen LogP contribution in [0.25, 0.3) is 0 Å². The quantitative estimate of drug-likeness (QED) is 0.919. The predicted molar refractivity (Wildman–Crippen MR) is 88.8 cm³/mol. The van der Waals surface area contributed by atoms with Gasteiger partial charge in [0.25, 0.3) is 5.91 Å². The molecule has 0 aromatic carbocycles. The van der Waals surface area contributed by atoms with Gasteiger partial charge in [-0.1, -0.05) is 20.3 Å². The molecule has 5 nitrogen and oxygen atoms in total. The van der Waals surface area contributed by atoms with Gasteiger partial charge >= 0.3 is 0 Å². The minimum atomic E-state index is -0.441. The minimum Gasteiger partial charge on any atom is -0.339 e. The third-order valence-electron chi connectivity index (χ3n) is 4.41. The van der Waals surface area contributed by atoms with E-state index in [0.717, 1.165) is 18.4 Å². The van der Waals surface area contributed by atoms with Gasteiger partial charge in [-0.15, -0.1) is 0 Å². The second kappa shape index (κ2) is 7.74. The SMILES string of the molecule is CCC(C)C(N)C(=O)N1CCCN(C(=O)c2ccsc2)CC1. The number of hydrogen-bond acceptors (Lipinski definition) is 4. The van der Waals surface area contributed by atoms with Crippen molar-refractivity contribution in [3.63, 3.8) is 0 Å². The smallest absolute Gasteiger partial charge is 0.254 e. The summed E-state index contributed by atoms with van der Waals surface area (Å²) in [6.45, 7) is 6.56. The molecular formula is C16H25N3O2S. The lowest BCUT2D eigenvalue weighted by Gasteiger charge is -2.27. The molecule has 1 fully saturated rings. The van der Waals surface area contributed by atoms with Gasteiger partial charge in [-0.3, -0.25) is 9.59 Å². The number of nitrogens with two attached hydrogens (primary N) is 1. The van der Waals surface area contributed by atoms with Crippen molar-refractivity contribution in [1.82, 2.24) is 9.80 Å². The van der Waals surface area contributed by atoms with E-state index in [1.165, 1.54) is 11.3 Å². The molecule has 2 unspecified atom stereocenters. The molecule has 2 N–H and O–H groups in total. The van der Waals surface area contributed by atoms with Crippen LogP contribution in [0.5, 0.6) is 0 Å². The van der Waals surface area contributed by atoms with E-state index in [1.807, 2.05) is 40.5 Å². The number of thiophene rings is 1. The van der Waals surface area contributed by atoms with E-state index in [1.54, 1.807) is 0 Å². The Balaban J connectivity index is 1.95. The van der Waals surface area contributed by atoms with Crippen LogP contribution in [0.4, 0.5) is 0 Å². The van der Waals surface area contributed by atoms with Crippen LogP contribution in [0.15, 0.2) is 16.8 Å². The van der Waals surface area contributed by atoms with E-state index in [0.29, 0.717) is 26.2 Å². The van der Waals surface area contributed by atoms with E-state index in [9.17, 15) is 9.59 Å². The van der Waals surface area contributed by atoms with Gasteiger partial charge in [-0.2, -0.15) is 11.3 Å². The molecule has 2 rings (SSSR count). The van der Waals surface area contributed by atoms with Crippen LogP contribution in [-0.2, 0) is 4.79 Å². The Morgan fingerprint density at radius 3 is 2.59 bits per heavy atom. The molecule has 1 aliphatic rings. The highest BCUT2D eigenvalue weighted by atomic mass is 32.1. The van der Waals surface area contributed by atoms with Gasteiger partial charge in [-0.25, -0.2) is 0 Å². The summed E-state index contributed by atoms with van der Waals surface area (Å²) in [5.41, 5.74) is 6.79. The maximum Gasteiger partial charge on any atom is 0.254 e. The van der Waals surface area contributed by atoms with Crippen molar-refractivity contribution in [2.24, 2.45) is 11.7 Å². The highest BCUT2D eigenvalue weighted by molar-refractivity contribution is 7.08. The maximum absolute atomic E-state index is 12.5. The van der Waals surface area contributed by atoms with Gasteiger partial charge in [0.2, 0.25) is 5.91 Å². The normalized spacial score (nSPS) is 18.7. The van der Waals surface area contributed by atoms with Gasteiger partial charge in [0.05, 0.1) is 11.6 Å². The van der Waals surface area contributed by atoms with Crippen LogP contribution < -0.4 is 5.73 Å². The summed E-state index contributed by atoms with van der Waals surface area (Å²) in [7, 11) is 0. The molecule has 0 spiro atoms. The summed E-state index contributed by atoms with van der Waals surface area (Å²) in [5, 5.41) is 3.78. The fourth-order valence-electron chi connectivity index (χ4n) is 2.62. The van der Waals surface area contributed by atoms with E-state index in [2.05, 4.69) is 0 Å². The van der Waals surface area contributed by atoms with Crippen LogP contribution in [0.2, 0.25) is 0 Å². The van der Waals surface area contributed by atoms with E-state index >= 15 is 0 Å². The maximum atomic E-state index is 12.5. The zero-order chi connectivity index (χ0) is 16.1. The van der Waals surface area contributed by atoms with Gasteiger partial charge in [0.15, 0.2) is 0 Å². The van der Waals surface area contributed by atoms with Crippen molar-refractivity contribution < 1.29 is 9.59 Å². The zero-order valence-corrected chi connectivity index (χ0v) is 14.1. The van der Waals surface area contributed by atoms with Crippen molar-refractivity contribution in [2.45, 2.75) is 32.7 Å². The second-order valence-electron chi connectivity index (χ2n) is 5.89. The van der Waals surface area contributed by atoms with Crippen molar-refractivity contribution in [1.29, 1.82) is 0 Å². The van der Waals surface area contributed by atoms with Crippen LogP contribution in [0, 0.1) is 5.92 Å². The molecule has 22 heavy (non-hydrogen) atoms. The van der Waals surface area contributed by atoms with Crippen LogP contribution >= 0.6 is 11.3 Å². The summed E-state index contributed by atoms with van der Waals surface area (Å²) < 4.78 is 0. The Labute approximate surface area is 136 Å². The van der Waals surface area contributed by atoms with Crippen molar-refractivity contribution in [3.05, 3.63) is 22.4 Å². The first-order chi connectivity index (χ1) is 10.5. The van der Waals surface area contributed by atoms with Gasteiger partial charge in [0, 0.05) is 31.6 Å². The molecule has 0 radical (unpaired) electrons. The third kappa shape index (κ3) is 3.87. The van der Waals surface area contributed by atoms with Crippen LogP contribution in [0.3, 0.4) is 0 Å². The van der Waals surface area contributed by atoms with Crippen molar-refractivity contribution in [3.8, 4) is 0 Å². The number of nitrogens with zero attached hydrogens (tertiary/aromatic N) is 2. The molecule has 1 aromatic rings. The Morgan fingerprint density at radius 2 is 1.95 bits per heavy atom. The molecule has 6 heteroatoms. The Kier molecular flexibility index (Phi) is 5.97. The number of amides is 2. The minimum absolute atomic E-state index is 0.0131. The first-order valence-corrected chi connectivity index (χ1v) is 8.84. The predicted octanol–water partition coefficient (Wildman–Crippen LogP) is 1.80. The Hall–Kier alpha value is -1.40. The van der Waals surface area contributed by atoms with E-state index in [4.69, 9.17) is 5.73 Å². The molecule has 2 heterocycles. The summed E-state index contributed by atoms with van der Waals surface area (Å²) in [5.74, 6) is 0.250. The average Bonchev–Trinajstić information content (AvgIpc) is 2.96. The topological polar surface area (TPSA) is 66.6 Å². The second-order valence-corrected chi connectivity index (χ2v) is 6.67. The van der Waals surface area contributed by atoms with E-state index < -0.39 is 6.04 Å². The lowest BCUT2D eigenvalue weighted by atomic mass is 9.99. The Morgan fingerprint density at radius 1 is 1.27 bits per heavy atom. The molecule has 0 saturated carbocycles. The summed E-state index contributed by atoms with van der Waals surface area (Å²) >= 11 is 1.52. The van der Waals surface area contributed by atoms with Gasteiger partial charge < -0.3 is 15.5 Å². The highest BCUT2D eigenvalue weighted by Crippen LogP contribution is 2.14. The molecule has 0 bridgehead atoms. The standard InChI is InChI=1S/C16H25N3O2S/c1-3-12(2)14(17)16(21)19-7-4-6-18(8-9-19)15(20)13-5-10-22-11-13/h5,10-12,14H,3-4,6-9,17H2,1-2H3. The first-order valence-electron chi connectivity index (χ1n) is 7.90. The van der Waals surface area contributed by atoms with Crippen LogP contribution in [0.1, 0.15) is 37.0 Å². The molecule has 2 amide bonds. The highest BCUT2D eigenvalue weighted by Gasteiger charge is 2.28. The summed E-state index contributed by atoms with van der Waals surface area (Å²) in [6, 6.07) is 1.41. The van der Waals surface area contributed by atoms with E-state index in [-0.39, 0.29) is 17.7 Å². The summed E-state index contributed by atoms with van der Waals surface area (Å²) in [4.78, 5) is 28.5. The fraction of sp³-hybridized carbons (Fsp3) is 0.625. The monoisotopic (exact) mass is 323 g/mol. The number of hydrogen-bond donors (Lipinski definition) is 1. The molecule has 122 valence electrons. The number of carbonyl (C=O) groups excluding carboxylic acids is 2. The molecule has 1 aromatic heterocycles. The fourth-order valence-corrected chi connectivity index (χ4v) is 3.25. The molecule has 1 saturated heterocycles. The molecular weight excluding hydrogens is 298 g/mol. The Bertz CT molecular complexity index is 503. The van der Waals surface area contributed by atoms with Gasteiger partial charge in [-0.05, 0) is 23.8 Å². The molecule has 0 aliphatic carbocycles. The average molecular weight is 323 g/mol. The van der Waals surface area contributed by atoms with Crippen LogP contribution in [-0.4, -0.2) is 53.8 Å². The van der Waals surface area contributed by atoms with Crippen molar-refractivity contribution in [2.75, 3.05) is 26.2 Å². The lowest BCUT2D eigenvalue weighted by Crippen LogP contribution is -2.48. The number of carbonyl (C=O) groups is 2. The van der Waals surface area contributed by atoms with Crippen molar-refractivity contribution >= 4 is 23.2 Å². The molecule has 1 aliphatic heterocycles. The summed E-state index contributed by atoms with van der Waals surface area (Å²) in [6.07, 6.45) is 1.69. The first kappa shape index (κ1) is 17.0. The lowest BCUT2D eigenvalue weighted by molar-refractivity contribution is -0.133. The molecule has 2 atom stereocenters. The zero-order valence-electron chi connectivity index (χ0n) is 13.3. The number of rotatable bonds is 4. The largest absolute Gasteiger partial charge is 0.339 e. The third-order valence-corrected chi connectivity index (χ3v) is 5.09. The van der Waals surface area contributed by atoms with Gasteiger partial charge in [0.1, 0.15) is 0 Å².